The third-order valence-electron chi connectivity index (χ3n) is 1.47. The molecule has 0 saturated heterocycles. The number of carbonyl (C=O) groups is 1. The Hall–Kier alpha value is -0.570. The van der Waals surface area contributed by atoms with Gasteiger partial charge in [0.1, 0.15) is 0 Å². The maximum absolute atomic E-state index is 11.1. The molecule has 3 heteroatoms. The van der Waals surface area contributed by atoms with Crippen LogP contribution in [0.1, 0.15) is 27.2 Å². The number of rotatable bonds is 6. The second-order valence-corrected chi connectivity index (χ2v) is 3.30. The zero-order valence-electron chi connectivity index (χ0n) is 8.31. The van der Waals surface area contributed by atoms with Gasteiger partial charge in [0.2, 0.25) is 5.91 Å². The fourth-order valence-electron chi connectivity index (χ4n) is 0.910. The summed E-state index contributed by atoms with van der Waals surface area (Å²) in [5, 5.41) is 5.99. The van der Waals surface area contributed by atoms with E-state index >= 15 is 0 Å². The Morgan fingerprint density at radius 2 is 2.00 bits per heavy atom. The Morgan fingerprint density at radius 3 is 2.50 bits per heavy atom. The van der Waals surface area contributed by atoms with E-state index in [1.54, 1.807) is 0 Å². The highest BCUT2D eigenvalue weighted by atomic mass is 16.1. The van der Waals surface area contributed by atoms with Crippen molar-refractivity contribution >= 4 is 5.91 Å². The average molecular weight is 172 g/mol. The molecule has 0 aliphatic heterocycles. The number of nitrogens with one attached hydrogen (secondary N) is 2. The molecule has 0 unspecified atom stereocenters. The Kier molecular flexibility index (Phi) is 6.76. The van der Waals surface area contributed by atoms with Gasteiger partial charge in [-0.1, -0.05) is 20.8 Å². The molecule has 0 heterocycles. The molecule has 0 spiro atoms. The van der Waals surface area contributed by atoms with Crippen LogP contribution in [0.5, 0.6) is 0 Å². The van der Waals surface area contributed by atoms with Crippen LogP contribution in [0.25, 0.3) is 0 Å². The van der Waals surface area contributed by atoms with E-state index in [1.807, 2.05) is 13.8 Å². The first kappa shape index (κ1) is 11.4. The molecule has 1 amide bonds. The smallest absolute Gasteiger partial charge is 0.220 e. The third kappa shape index (κ3) is 7.54. The van der Waals surface area contributed by atoms with E-state index in [0.29, 0.717) is 12.3 Å². The molecule has 0 aromatic heterocycles. The lowest BCUT2D eigenvalue weighted by Gasteiger charge is -2.06. The first-order valence-corrected chi connectivity index (χ1v) is 4.64. The number of likely N-dealkylation sites (N-methyl/N-ethyl adjacent to an activating group) is 1. The molecular formula is C9H20N2O. The minimum atomic E-state index is 0.155. The highest BCUT2D eigenvalue weighted by molar-refractivity contribution is 5.75. The first-order valence-electron chi connectivity index (χ1n) is 4.64. The second kappa shape index (κ2) is 7.10. The van der Waals surface area contributed by atoms with Gasteiger partial charge >= 0.3 is 0 Å². The predicted molar refractivity (Wildman–Crippen MR) is 51.0 cm³/mol. The van der Waals surface area contributed by atoms with Gasteiger partial charge in [-0.3, -0.25) is 4.79 Å². The van der Waals surface area contributed by atoms with Gasteiger partial charge in [-0.05, 0) is 12.5 Å². The van der Waals surface area contributed by atoms with Crippen molar-refractivity contribution in [1.82, 2.24) is 10.6 Å². The lowest BCUT2D eigenvalue weighted by Crippen LogP contribution is -2.32. The zero-order valence-corrected chi connectivity index (χ0v) is 8.31. The molecule has 0 rings (SSSR count). The molecule has 72 valence electrons. The van der Waals surface area contributed by atoms with Gasteiger partial charge in [0.05, 0.1) is 0 Å². The van der Waals surface area contributed by atoms with E-state index in [1.165, 1.54) is 0 Å². The summed E-state index contributed by atoms with van der Waals surface area (Å²) in [5.74, 6) is 0.604. The Morgan fingerprint density at radius 1 is 1.33 bits per heavy atom. The van der Waals surface area contributed by atoms with Crippen LogP contribution in [0.3, 0.4) is 0 Å². The highest BCUT2D eigenvalue weighted by Gasteiger charge is 2.02. The van der Waals surface area contributed by atoms with Crippen LogP contribution in [-0.2, 0) is 4.79 Å². The summed E-state index contributed by atoms with van der Waals surface area (Å²) in [6.07, 6.45) is 0.631. The Bertz CT molecular complexity index is 124. The summed E-state index contributed by atoms with van der Waals surface area (Å²) < 4.78 is 0. The minimum absolute atomic E-state index is 0.155. The lowest BCUT2D eigenvalue weighted by molar-refractivity contribution is -0.121. The van der Waals surface area contributed by atoms with Gasteiger partial charge < -0.3 is 10.6 Å². The maximum atomic E-state index is 11.1. The standard InChI is InChI=1S/C9H20N2O/c1-4-10-5-6-11-9(12)7-8(2)3/h8,10H,4-7H2,1-3H3,(H,11,12). The van der Waals surface area contributed by atoms with Gasteiger partial charge in [-0.25, -0.2) is 0 Å². The largest absolute Gasteiger partial charge is 0.355 e. The van der Waals surface area contributed by atoms with Crippen molar-refractivity contribution in [2.24, 2.45) is 5.92 Å². The maximum Gasteiger partial charge on any atom is 0.220 e. The van der Waals surface area contributed by atoms with Crippen molar-refractivity contribution in [3.05, 3.63) is 0 Å². The molecule has 0 fully saturated rings. The summed E-state index contributed by atoms with van der Waals surface area (Å²) in [4.78, 5) is 11.1. The number of hydrogen-bond acceptors (Lipinski definition) is 2. The van der Waals surface area contributed by atoms with Crippen molar-refractivity contribution in [1.29, 1.82) is 0 Å². The second-order valence-electron chi connectivity index (χ2n) is 3.30. The molecule has 0 aliphatic carbocycles. The van der Waals surface area contributed by atoms with Crippen LogP contribution < -0.4 is 10.6 Å². The summed E-state index contributed by atoms with van der Waals surface area (Å²) in [6.45, 7) is 8.70. The fraction of sp³-hybridized carbons (Fsp3) is 0.889. The Labute approximate surface area is 74.9 Å². The van der Waals surface area contributed by atoms with Gasteiger partial charge in [-0.2, -0.15) is 0 Å². The Balaban J connectivity index is 3.20. The van der Waals surface area contributed by atoms with Crippen LogP contribution in [0.15, 0.2) is 0 Å². The van der Waals surface area contributed by atoms with E-state index in [-0.39, 0.29) is 5.91 Å². The van der Waals surface area contributed by atoms with E-state index in [0.717, 1.165) is 19.6 Å². The van der Waals surface area contributed by atoms with Crippen molar-refractivity contribution in [3.8, 4) is 0 Å². The highest BCUT2D eigenvalue weighted by Crippen LogP contribution is 1.97. The van der Waals surface area contributed by atoms with E-state index in [9.17, 15) is 4.79 Å². The molecule has 0 saturated carbocycles. The van der Waals surface area contributed by atoms with Crippen molar-refractivity contribution in [2.45, 2.75) is 27.2 Å². The topological polar surface area (TPSA) is 41.1 Å². The summed E-state index contributed by atoms with van der Waals surface area (Å²) in [7, 11) is 0. The molecule has 0 bridgehead atoms. The van der Waals surface area contributed by atoms with Crippen LogP contribution in [0.2, 0.25) is 0 Å². The fourth-order valence-corrected chi connectivity index (χ4v) is 0.910. The zero-order chi connectivity index (χ0) is 9.40. The monoisotopic (exact) mass is 172 g/mol. The molecular weight excluding hydrogens is 152 g/mol. The van der Waals surface area contributed by atoms with Crippen molar-refractivity contribution < 1.29 is 4.79 Å². The van der Waals surface area contributed by atoms with E-state index in [2.05, 4.69) is 17.6 Å². The quantitative estimate of drug-likeness (QED) is 0.581. The van der Waals surface area contributed by atoms with Crippen molar-refractivity contribution in [2.75, 3.05) is 19.6 Å². The first-order chi connectivity index (χ1) is 5.66. The van der Waals surface area contributed by atoms with Crippen LogP contribution in [-0.4, -0.2) is 25.5 Å². The lowest BCUT2D eigenvalue weighted by atomic mass is 10.1. The van der Waals surface area contributed by atoms with E-state index < -0.39 is 0 Å². The summed E-state index contributed by atoms with van der Waals surface area (Å²) >= 11 is 0. The number of carbonyl (C=O) groups excluding carboxylic acids is 1. The van der Waals surface area contributed by atoms with Crippen LogP contribution in [0, 0.1) is 5.92 Å². The molecule has 12 heavy (non-hydrogen) atoms. The summed E-state index contributed by atoms with van der Waals surface area (Å²) in [5.41, 5.74) is 0. The van der Waals surface area contributed by atoms with Crippen LogP contribution >= 0.6 is 0 Å². The average Bonchev–Trinajstić information content (AvgIpc) is 1.97. The van der Waals surface area contributed by atoms with Gasteiger partial charge in [0.15, 0.2) is 0 Å². The number of hydrogen-bond donors (Lipinski definition) is 2. The van der Waals surface area contributed by atoms with Crippen molar-refractivity contribution in [3.63, 3.8) is 0 Å². The van der Waals surface area contributed by atoms with Gasteiger partial charge in [-0.15, -0.1) is 0 Å². The molecule has 2 N–H and O–H groups in total. The summed E-state index contributed by atoms with van der Waals surface area (Å²) in [6, 6.07) is 0. The normalized spacial score (nSPS) is 10.3. The third-order valence-corrected chi connectivity index (χ3v) is 1.47. The molecule has 0 atom stereocenters. The van der Waals surface area contributed by atoms with Gasteiger partial charge in [0.25, 0.3) is 0 Å². The molecule has 0 aromatic rings. The number of amides is 1. The van der Waals surface area contributed by atoms with E-state index in [4.69, 9.17) is 0 Å². The predicted octanol–water partition coefficient (Wildman–Crippen LogP) is 0.758. The molecule has 0 radical (unpaired) electrons. The van der Waals surface area contributed by atoms with Crippen LogP contribution in [0.4, 0.5) is 0 Å². The minimum Gasteiger partial charge on any atom is -0.355 e. The molecule has 0 aromatic carbocycles. The van der Waals surface area contributed by atoms with Gasteiger partial charge in [0, 0.05) is 19.5 Å². The molecule has 0 aliphatic rings. The SMILES string of the molecule is CCNCCNC(=O)CC(C)C. The molecule has 3 nitrogen and oxygen atoms in total.